The molecule has 102 valence electrons. The van der Waals surface area contributed by atoms with Crippen molar-refractivity contribution in [3.63, 3.8) is 0 Å². The number of hydrogen-bond donors (Lipinski definition) is 1. The number of carbonyl (C=O) groups is 1. The first-order valence-corrected chi connectivity index (χ1v) is 6.89. The molecule has 1 aliphatic carbocycles. The molecule has 0 heterocycles. The van der Waals surface area contributed by atoms with Gasteiger partial charge in [0, 0.05) is 0 Å². The van der Waals surface area contributed by atoms with Gasteiger partial charge in [-0.3, -0.25) is 4.79 Å². The minimum Gasteiger partial charge on any atom is -0.481 e. The molecule has 1 aliphatic rings. The zero-order valence-electron chi connectivity index (χ0n) is 12.2. The van der Waals surface area contributed by atoms with E-state index in [0.29, 0.717) is 5.41 Å². The second-order valence-electron chi connectivity index (χ2n) is 6.14. The highest BCUT2D eigenvalue weighted by Gasteiger charge is 2.27. The van der Waals surface area contributed by atoms with E-state index in [4.69, 9.17) is 5.11 Å². The second-order valence-corrected chi connectivity index (χ2v) is 6.14. The molecule has 0 saturated carbocycles. The number of carboxylic acid groups (broad SMARTS) is 1. The Morgan fingerprint density at radius 3 is 2.67 bits per heavy atom. The molecular formula is C16H26O2. The fraction of sp³-hybridized carbons (Fsp3) is 0.688. The fourth-order valence-corrected chi connectivity index (χ4v) is 2.91. The summed E-state index contributed by atoms with van der Waals surface area (Å²) in [6, 6.07) is 0. The van der Waals surface area contributed by atoms with Crippen molar-refractivity contribution < 1.29 is 9.90 Å². The lowest BCUT2D eigenvalue weighted by atomic mass is 9.71. The molecule has 0 fully saturated rings. The molecule has 18 heavy (non-hydrogen) atoms. The molecule has 0 radical (unpaired) electrons. The summed E-state index contributed by atoms with van der Waals surface area (Å²) >= 11 is 0. The van der Waals surface area contributed by atoms with Crippen molar-refractivity contribution in [3.8, 4) is 0 Å². The van der Waals surface area contributed by atoms with Crippen LogP contribution < -0.4 is 0 Å². The van der Waals surface area contributed by atoms with Crippen LogP contribution in [-0.4, -0.2) is 11.1 Å². The van der Waals surface area contributed by atoms with Gasteiger partial charge in [-0.2, -0.15) is 0 Å². The monoisotopic (exact) mass is 250 g/mol. The highest BCUT2D eigenvalue weighted by atomic mass is 16.4. The molecule has 1 N–H and O–H groups in total. The first-order chi connectivity index (χ1) is 8.33. The highest BCUT2D eigenvalue weighted by Crippen LogP contribution is 2.42. The van der Waals surface area contributed by atoms with Gasteiger partial charge in [0.1, 0.15) is 0 Å². The van der Waals surface area contributed by atoms with Gasteiger partial charge < -0.3 is 5.11 Å². The zero-order valence-corrected chi connectivity index (χ0v) is 12.2. The maximum atomic E-state index is 10.5. The molecule has 0 aliphatic heterocycles. The van der Waals surface area contributed by atoms with E-state index in [2.05, 4.69) is 20.8 Å². The third-order valence-corrected chi connectivity index (χ3v) is 4.08. The summed E-state index contributed by atoms with van der Waals surface area (Å²) in [5.41, 5.74) is 4.67. The third-order valence-electron chi connectivity index (χ3n) is 4.08. The van der Waals surface area contributed by atoms with Crippen molar-refractivity contribution in [2.75, 3.05) is 0 Å². The molecule has 0 bridgehead atoms. The van der Waals surface area contributed by atoms with Crippen LogP contribution in [0.4, 0.5) is 0 Å². The fourth-order valence-electron chi connectivity index (χ4n) is 2.91. The molecule has 0 spiro atoms. The van der Waals surface area contributed by atoms with E-state index in [0.717, 1.165) is 12.8 Å². The maximum Gasteiger partial charge on any atom is 0.307 e. The Balaban J connectivity index is 2.61. The Morgan fingerprint density at radius 1 is 1.44 bits per heavy atom. The molecule has 0 atom stereocenters. The summed E-state index contributed by atoms with van der Waals surface area (Å²) in [5.74, 6) is -0.747. The van der Waals surface area contributed by atoms with Crippen LogP contribution in [0.5, 0.6) is 0 Å². The van der Waals surface area contributed by atoms with Gasteiger partial charge >= 0.3 is 5.97 Å². The molecule has 0 aromatic rings. The lowest BCUT2D eigenvalue weighted by Crippen LogP contribution is -2.20. The standard InChI is InChI=1S/C16H26O2/c1-12(8-10-15(17)18)7-9-14-13(2)6-5-11-16(14,3)4/h8H,5-7,9-11H2,1-4H3,(H,17,18)/b12-8-. The summed E-state index contributed by atoms with van der Waals surface area (Å²) in [5, 5.41) is 8.65. The lowest BCUT2D eigenvalue weighted by molar-refractivity contribution is -0.136. The average molecular weight is 250 g/mol. The maximum absolute atomic E-state index is 10.5. The van der Waals surface area contributed by atoms with Crippen molar-refractivity contribution in [2.45, 2.75) is 66.2 Å². The van der Waals surface area contributed by atoms with E-state index in [1.54, 1.807) is 11.1 Å². The summed E-state index contributed by atoms with van der Waals surface area (Å²) in [7, 11) is 0. The summed E-state index contributed by atoms with van der Waals surface area (Å²) in [6.07, 6.45) is 7.87. The SMILES string of the molecule is CC1=C(CC/C(C)=C\CC(=O)O)C(C)(C)CCC1. The molecule has 0 aromatic heterocycles. The number of rotatable bonds is 5. The van der Waals surface area contributed by atoms with Crippen molar-refractivity contribution in [2.24, 2.45) is 5.41 Å². The van der Waals surface area contributed by atoms with Gasteiger partial charge in [-0.05, 0) is 51.4 Å². The molecule has 0 aromatic carbocycles. The van der Waals surface area contributed by atoms with Crippen LogP contribution in [0.15, 0.2) is 22.8 Å². The van der Waals surface area contributed by atoms with Gasteiger partial charge in [0.2, 0.25) is 0 Å². The summed E-state index contributed by atoms with van der Waals surface area (Å²) < 4.78 is 0. The van der Waals surface area contributed by atoms with Crippen LogP contribution >= 0.6 is 0 Å². The van der Waals surface area contributed by atoms with Crippen LogP contribution in [0.2, 0.25) is 0 Å². The lowest BCUT2D eigenvalue weighted by Gasteiger charge is -2.34. The van der Waals surface area contributed by atoms with Gasteiger partial charge in [-0.1, -0.05) is 36.6 Å². The minimum absolute atomic E-state index is 0.146. The topological polar surface area (TPSA) is 37.3 Å². The quantitative estimate of drug-likeness (QED) is 0.717. The largest absolute Gasteiger partial charge is 0.481 e. The zero-order chi connectivity index (χ0) is 13.8. The van der Waals surface area contributed by atoms with Gasteiger partial charge in [0.15, 0.2) is 0 Å². The van der Waals surface area contributed by atoms with Crippen LogP contribution in [0.1, 0.15) is 66.2 Å². The van der Waals surface area contributed by atoms with E-state index in [-0.39, 0.29) is 6.42 Å². The number of carboxylic acids is 1. The Labute approximate surface area is 111 Å². The minimum atomic E-state index is -0.747. The Morgan fingerprint density at radius 2 is 2.11 bits per heavy atom. The van der Waals surface area contributed by atoms with Crippen LogP contribution in [0.25, 0.3) is 0 Å². The Kier molecular flexibility index (Phi) is 5.18. The molecular weight excluding hydrogens is 224 g/mol. The smallest absolute Gasteiger partial charge is 0.307 e. The molecule has 0 amide bonds. The first-order valence-electron chi connectivity index (χ1n) is 6.89. The highest BCUT2D eigenvalue weighted by molar-refractivity contribution is 5.68. The van der Waals surface area contributed by atoms with Crippen LogP contribution in [0, 0.1) is 5.41 Å². The third kappa shape index (κ3) is 4.32. The predicted octanol–water partition coefficient (Wildman–Crippen LogP) is 4.71. The van der Waals surface area contributed by atoms with Gasteiger partial charge in [0.05, 0.1) is 6.42 Å². The molecule has 2 heteroatoms. The molecule has 0 saturated heterocycles. The average Bonchev–Trinajstić information content (AvgIpc) is 2.24. The van der Waals surface area contributed by atoms with Gasteiger partial charge in [0.25, 0.3) is 0 Å². The predicted molar refractivity (Wildman–Crippen MR) is 75.6 cm³/mol. The van der Waals surface area contributed by atoms with Crippen molar-refractivity contribution in [1.82, 2.24) is 0 Å². The molecule has 0 unspecified atom stereocenters. The number of hydrogen-bond acceptors (Lipinski definition) is 1. The molecule has 2 nitrogen and oxygen atoms in total. The second kappa shape index (κ2) is 6.21. The van der Waals surface area contributed by atoms with Crippen molar-refractivity contribution in [1.29, 1.82) is 0 Å². The molecule has 1 rings (SSSR count). The Hall–Kier alpha value is -1.05. The van der Waals surface area contributed by atoms with Gasteiger partial charge in [-0.15, -0.1) is 0 Å². The van der Waals surface area contributed by atoms with E-state index in [1.165, 1.54) is 24.8 Å². The van der Waals surface area contributed by atoms with Crippen molar-refractivity contribution in [3.05, 3.63) is 22.8 Å². The van der Waals surface area contributed by atoms with E-state index < -0.39 is 5.97 Å². The van der Waals surface area contributed by atoms with Crippen LogP contribution in [-0.2, 0) is 4.79 Å². The number of allylic oxidation sites excluding steroid dienone is 3. The summed E-state index contributed by atoms with van der Waals surface area (Å²) in [6.45, 7) is 8.96. The Bertz CT molecular complexity index is 373. The van der Waals surface area contributed by atoms with E-state index >= 15 is 0 Å². The van der Waals surface area contributed by atoms with Crippen molar-refractivity contribution >= 4 is 5.97 Å². The van der Waals surface area contributed by atoms with Crippen LogP contribution in [0.3, 0.4) is 0 Å². The summed E-state index contributed by atoms with van der Waals surface area (Å²) in [4.78, 5) is 10.5. The number of aliphatic carboxylic acids is 1. The van der Waals surface area contributed by atoms with Gasteiger partial charge in [-0.25, -0.2) is 0 Å². The van der Waals surface area contributed by atoms with E-state index in [1.807, 2.05) is 13.0 Å². The van der Waals surface area contributed by atoms with E-state index in [9.17, 15) is 4.79 Å². The first kappa shape index (κ1) is 15.0. The normalized spacial score (nSPS) is 20.1.